The van der Waals surface area contributed by atoms with Gasteiger partial charge in [0.2, 0.25) is 0 Å². The number of aromatic nitrogens is 2. The van der Waals surface area contributed by atoms with Gasteiger partial charge in [-0.25, -0.2) is 0 Å². The molecule has 1 rings (SSSR count). The van der Waals surface area contributed by atoms with Crippen molar-refractivity contribution in [2.24, 2.45) is 13.0 Å². The summed E-state index contributed by atoms with van der Waals surface area (Å²) in [5.74, 6) is 0.711. The van der Waals surface area contributed by atoms with Gasteiger partial charge in [-0.2, -0.15) is 5.10 Å². The third kappa shape index (κ3) is 6.39. The highest BCUT2D eigenvalue weighted by Crippen LogP contribution is 2.13. The zero-order valence-electron chi connectivity index (χ0n) is 13.2. The van der Waals surface area contributed by atoms with Crippen LogP contribution < -0.4 is 5.32 Å². The molecule has 1 heterocycles. The molecule has 0 fully saturated rings. The summed E-state index contributed by atoms with van der Waals surface area (Å²) < 4.78 is 7.27. The first-order chi connectivity index (χ1) is 9.52. The minimum absolute atomic E-state index is 0.382. The Morgan fingerprint density at radius 1 is 1.45 bits per heavy atom. The molecule has 1 aromatic rings. The maximum Gasteiger partial charge on any atom is 0.0945 e. The van der Waals surface area contributed by atoms with E-state index in [1.807, 2.05) is 13.2 Å². The van der Waals surface area contributed by atoms with Gasteiger partial charge in [-0.1, -0.05) is 20.8 Å². The highest BCUT2D eigenvalue weighted by atomic mass is 16.5. The average Bonchev–Trinajstić information content (AvgIpc) is 2.76. The first kappa shape index (κ1) is 17.0. The summed E-state index contributed by atoms with van der Waals surface area (Å²) in [7, 11) is 1.90. The molecule has 0 aliphatic rings. The molecule has 1 atom stereocenters. The number of ether oxygens (including phenoxy) is 1. The van der Waals surface area contributed by atoms with Gasteiger partial charge in [-0.05, 0) is 25.2 Å². The van der Waals surface area contributed by atoms with Crippen molar-refractivity contribution in [3.8, 4) is 0 Å². The van der Waals surface area contributed by atoms with Crippen molar-refractivity contribution in [1.82, 2.24) is 9.78 Å². The summed E-state index contributed by atoms with van der Waals surface area (Å²) in [6, 6.07) is 0. The minimum atomic E-state index is -0.487. The lowest BCUT2D eigenvalue weighted by Gasteiger charge is -2.13. The van der Waals surface area contributed by atoms with Gasteiger partial charge in [0.15, 0.2) is 0 Å². The second-order valence-electron chi connectivity index (χ2n) is 5.66. The fraction of sp³-hybridized carbons (Fsp3) is 0.800. The highest BCUT2D eigenvalue weighted by Gasteiger charge is 2.08. The Kier molecular flexibility index (Phi) is 7.62. The number of aliphatic hydroxyl groups is 1. The molecule has 0 aromatic carbocycles. The van der Waals surface area contributed by atoms with Crippen molar-refractivity contribution >= 4 is 5.69 Å². The fourth-order valence-corrected chi connectivity index (χ4v) is 2.04. The molecule has 0 radical (unpaired) electrons. The topological polar surface area (TPSA) is 59.3 Å². The number of nitrogens with zero attached hydrogens (tertiary/aromatic N) is 2. The van der Waals surface area contributed by atoms with E-state index in [2.05, 4.69) is 31.2 Å². The number of hydrogen-bond acceptors (Lipinski definition) is 4. The largest absolute Gasteiger partial charge is 0.389 e. The summed E-state index contributed by atoms with van der Waals surface area (Å²) in [4.78, 5) is 0. The number of rotatable bonds is 10. The minimum Gasteiger partial charge on any atom is -0.389 e. The van der Waals surface area contributed by atoms with Crippen LogP contribution in [0, 0.1) is 5.92 Å². The van der Waals surface area contributed by atoms with Crippen LogP contribution in [0.2, 0.25) is 0 Å². The molecule has 0 amide bonds. The van der Waals surface area contributed by atoms with E-state index in [4.69, 9.17) is 4.74 Å². The first-order valence-corrected chi connectivity index (χ1v) is 7.55. The third-order valence-corrected chi connectivity index (χ3v) is 3.15. The van der Waals surface area contributed by atoms with Crippen LogP contribution >= 0.6 is 0 Å². The standard InChI is InChI=1S/C15H29N3O2/c1-5-14-15(10-18(4)17-14)16-9-13(19)11-20-8-6-7-12(2)3/h10,12-13,16,19H,5-9,11H2,1-4H3. The predicted octanol–water partition coefficient (Wildman–Crippen LogP) is 2.21. The lowest BCUT2D eigenvalue weighted by Crippen LogP contribution is -2.25. The molecule has 0 spiro atoms. The Balaban J connectivity index is 2.17. The molecule has 5 heteroatoms. The molecule has 0 saturated heterocycles. The maximum atomic E-state index is 9.87. The van der Waals surface area contributed by atoms with Crippen LogP contribution in [0.4, 0.5) is 5.69 Å². The number of aliphatic hydroxyl groups excluding tert-OH is 1. The van der Waals surface area contributed by atoms with Crippen molar-refractivity contribution in [3.63, 3.8) is 0 Å². The predicted molar refractivity (Wildman–Crippen MR) is 82.0 cm³/mol. The molecule has 5 nitrogen and oxygen atoms in total. The number of aryl methyl sites for hydroxylation is 2. The van der Waals surface area contributed by atoms with Crippen LogP contribution in [0.5, 0.6) is 0 Å². The van der Waals surface area contributed by atoms with Crippen molar-refractivity contribution < 1.29 is 9.84 Å². The van der Waals surface area contributed by atoms with Crippen molar-refractivity contribution in [2.45, 2.75) is 46.1 Å². The Morgan fingerprint density at radius 2 is 2.20 bits per heavy atom. The van der Waals surface area contributed by atoms with Crippen LogP contribution in [-0.2, 0) is 18.2 Å². The quantitative estimate of drug-likeness (QED) is 0.646. The molecule has 0 bridgehead atoms. The molecular weight excluding hydrogens is 254 g/mol. The second kappa shape index (κ2) is 8.97. The SMILES string of the molecule is CCc1nn(C)cc1NCC(O)COCCCC(C)C. The van der Waals surface area contributed by atoms with Gasteiger partial charge >= 0.3 is 0 Å². The van der Waals surface area contributed by atoms with Gasteiger partial charge in [0, 0.05) is 26.4 Å². The Hall–Kier alpha value is -1.07. The normalized spacial score (nSPS) is 12.9. The molecule has 116 valence electrons. The van der Waals surface area contributed by atoms with Crippen molar-refractivity contribution in [3.05, 3.63) is 11.9 Å². The number of nitrogens with one attached hydrogen (secondary N) is 1. The Morgan fingerprint density at radius 3 is 2.85 bits per heavy atom. The molecule has 2 N–H and O–H groups in total. The molecule has 0 saturated carbocycles. The van der Waals surface area contributed by atoms with Gasteiger partial charge in [-0.15, -0.1) is 0 Å². The zero-order chi connectivity index (χ0) is 15.0. The monoisotopic (exact) mass is 283 g/mol. The van der Waals surface area contributed by atoms with Crippen LogP contribution in [-0.4, -0.2) is 40.7 Å². The molecule has 1 aromatic heterocycles. The molecular formula is C15H29N3O2. The van der Waals surface area contributed by atoms with Crippen molar-refractivity contribution in [1.29, 1.82) is 0 Å². The number of anilines is 1. The van der Waals surface area contributed by atoms with E-state index in [1.165, 1.54) is 6.42 Å². The van der Waals surface area contributed by atoms with E-state index in [9.17, 15) is 5.11 Å². The van der Waals surface area contributed by atoms with E-state index < -0.39 is 6.10 Å². The lowest BCUT2D eigenvalue weighted by atomic mass is 10.1. The summed E-state index contributed by atoms with van der Waals surface area (Å²) >= 11 is 0. The van der Waals surface area contributed by atoms with Crippen LogP contribution in [0.3, 0.4) is 0 Å². The van der Waals surface area contributed by atoms with Gasteiger partial charge in [-0.3, -0.25) is 4.68 Å². The van der Waals surface area contributed by atoms with E-state index in [0.717, 1.165) is 30.8 Å². The highest BCUT2D eigenvalue weighted by molar-refractivity contribution is 5.46. The Bertz CT molecular complexity index is 377. The maximum absolute atomic E-state index is 9.87. The van der Waals surface area contributed by atoms with E-state index >= 15 is 0 Å². The summed E-state index contributed by atoms with van der Waals surface area (Å²) in [5.41, 5.74) is 2.02. The van der Waals surface area contributed by atoms with E-state index in [1.54, 1.807) is 4.68 Å². The van der Waals surface area contributed by atoms with Crippen LogP contribution in [0.15, 0.2) is 6.20 Å². The average molecular weight is 283 g/mol. The lowest BCUT2D eigenvalue weighted by molar-refractivity contribution is 0.0409. The smallest absolute Gasteiger partial charge is 0.0945 e. The van der Waals surface area contributed by atoms with Gasteiger partial charge in [0.05, 0.1) is 24.1 Å². The van der Waals surface area contributed by atoms with Gasteiger partial charge in [0.1, 0.15) is 0 Å². The van der Waals surface area contributed by atoms with E-state index in [0.29, 0.717) is 19.1 Å². The summed E-state index contributed by atoms with van der Waals surface area (Å²) in [6.45, 7) is 8.08. The van der Waals surface area contributed by atoms with Gasteiger partial charge in [0.25, 0.3) is 0 Å². The molecule has 0 aliphatic carbocycles. The first-order valence-electron chi connectivity index (χ1n) is 7.55. The molecule has 0 aliphatic heterocycles. The van der Waals surface area contributed by atoms with Crippen LogP contribution in [0.25, 0.3) is 0 Å². The van der Waals surface area contributed by atoms with E-state index in [-0.39, 0.29) is 0 Å². The molecule has 1 unspecified atom stereocenters. The third-order valence-electron chi connectivity index (χ3n) is 3.15. The number of hydrogen-bond donors (Lipinski definition) is 2. The zero-order valence-corrected chi connectivity index (χ0v) is 13.2. The summed E-state index contributed by atoms with van der Waals surface area (Å²) in [5, 5.41) is 17.5. The second-order valence-corrected chi connectivity index (χ2v) is 5.66. The fourth-order valence-electron chi connectivity index (χ4n) is 2.04. The van der Waals surface area contributed by atoms with Crippen molar-refractivity contribution in [2.75, 3.05) is 25.1 Å². The molecule has 20 heavy (non-hydrogen) atoms. The van der Waals surface area contributed by atoms with Crippen LogP contribution in [0.1, 0.15) is 39.3 Å². The van der Waals surface area contributed by atoms with Gasteiger partial charge < -0.3 is 15.2 Å². The Labute approximate surface area is 122 Å². The summed E-state index contributed by atoms with van der Waals surface area (Å²) in [6.07, 6.45) is 4.56.